The lowest BCUT2D eigenvalue weighted by Crippen LogP contribution is -2.58. The summed E-state index contributed by atoms with van der Waals surface area (Å²) in [5.74, 6) is 0. The monoisotopic (exact) mass is 416 g/mol. The minimum absolute atomic E-state index is 0.0779. The van der Waals surface area contributed by atoms with Crippen LogP contribution in [0.2, 0.25) is 0 Å². The molecule has 0 bridgehead atoms. The van der Waals surface area contributed by atoms with E-state index in [4.69, 9.17) is 18.9 Å². The van der Waals surface area contributed by atoms with Crippen LogP contribution in [0.5, 0.6) is 0 Å². The van der Waals surface area contributed by atoms with Crippen molar-refractivity contribution in [3.63, 3.8) is 0 Å². The van der Waals surface area contributed by atoms with Crippen molar-refractivity contribution in [1.29, 1.82) is 0 Å². The number of hydrogen-bond acceptors (Lipinski definition) is 6. The molecule has 0 aromatic heterocycles. The summed E-state index contributed by atoms with van der Waals surface area (Å²) in [7, 11) is 0. The van der Waals surface area contributed by atoms with Crippen LogP contribution in [0.25, 0.3) is 0 Å². The van der Waals surface area contributed by atoms with Gasteiger partial charge in [0.1, 0.15) is 0 Å². The molecule has 2 heterocycles. The first kappa shape index (κ1) is 25.0. The van der Waals surface area contributed by atoms with Crippen LogP contribution in [0.4, 0.5) is 0 Å². The zero-order valence-corrected chi connectivity index (χ0v) is 19.1. The number of rotatable bonds is 12. The number of ether oxygens (including phenoxy) is 4. The number of aliphatic hydroxyl groups excluding tert-OH is 2. The summed E-state index contributed by atoms with van der Waals surface area (Å²) in [6.45, 7) is 10.7. The van der Waals surface area contributed by atoms with Gasteiger partial charge in [0.15, 0.2) is 12.6 Å². The Morgan fingerprint density at radius 2 is 0.897 bits per heavy atom. The van der Waals surface area contributed by atoms with Crippen LogP contribution in [0.15, 0.2) is 0 Å². The predicted molar refractivity (Wildman–Crippen MR) is 112 cm³/mol. The maximum Gasteiger partial charge on any atom is 0.165 e. The van der Waals surface area contributed by atoms with E-state index >= 15 is 0 Å². The van der Waals surface area contributed by atoms with Crippen molar-refractivity contribution in [2.75, 3.05) is 39.6 Å². The van der Waals surface area contributed by atoms with Gasteiger partial charge in [-0.05, 0) is 25.7 Å². The topological polar surface area (TPSA) is 77.4 Å². The molecule has 0 amide bonds. The van der Waals surface area contributed by atoms with Crippen LogP contribution in [-0.4, -0.2) is 62.4 Å². The van der Waals surface area contributed by atoms with Gasteiger partial charge in [0.25, 0.3) is 0 Å². The lowest BCUT2D eigenvalue weighted by molar-refractivity contribution is -0.344. The van der Waals surface area contributed by atoms with Gasteiger partial charge in [-0.1, -0.05) is 53.4 Å². The smallest absolute Gasteiger partial charge is 0.165 e. The van der Waals surface area contributed by atoms with E-state index in [-0.39, 0.29) is 42.0 Å². The van der Waals surface area contributed by atoms with Gasteiger partial charge >= 0.3 is 0 Å². The fraction of sp³-hybridized carbons (Fsp3) is 1.00. The minimum atomic E-state index is -0.382. The first-order valence-electron chi connectivity index (χ1n) is 11.7. The molecule has 0 aromatic rings. The van der Waals surface area contributed by atoms with Gasteiger partial charge in [0.05, 0.1) is 45.1 Å². The van der Waals surface area contributed by atoms with Gasteiger partial charge < -0.3 is 29.2 Å². The molecule has 0 aromatic carbocycles. The Morgan fingerprint density at radius 3 is 1.10 bits per heavy atom. The van der Waals surface area contributed by atoms with E-state index in [1.54, 1.807) is 0 Å². The Morgan fingerprint density at radius 1 is 0.621 bits per heavy atom. The van der Waals surface area contributed by atoms with Crippen LogP contribution >= 0.6 is 0 Å². The van der Waals surface area contributed by atoms with Crippen LogP contribution in [-0.2, 0) is 18.9 Å². The second-order valence-corrected chi connectivity index (χ2v) is 9.45. The van der Waals surface area contributed by atoms with E-state index in [9.17, 15) is 10.2 Å². The van der Waals surface area contributed by atoms with Crippen molar-refractivity contribution >= 4 is 0 Å². The number of aliphatic hydroxyl groups is 2. The van der Waals surface area contributed by atoms with Crippen molar-refractivity contribution in [3.05, 3.63) is 0 Å². The van der Waals surface area contributed by atoms with Gasteiger partial charge in [-0.25, -0.2) is 0 Å². The normalized spacial score (nSPS) is 28.8. The van der Waals surface area contributed by atoms with E-state index in [0.717, 1.165) is 51.4 Å². The molecule has 1 spiro atoms. The molecule has 2 aliphatic rings. The highest BCUT2D eigenvalue weighted by atomic mass is 16.7. The lowest BCUT2D eigenvalue weighted by atomic mass is 9.77. The summed E-state index contributed by atoms with van der Waals surface area (Å²) in [5.41, 5.74) is -0.983. The Balaban J connectivity index is 1.99. The molecular weight excluding hydrogens is 372 g/mol. The molecule has 2 saturated heterocycles. The molecule has 6 nitrogen and oxygen atoms in total. The molecule has 0 unspecified atom stereocenters. The zero-order chi connectivity index (χ0) is 21.4. The Labute approximate surface area is 177 Å². The predicted octanol–water partition coefficient (Wildman–Crippen LogP) is 3.88. The van der Waals surface area contributed by atoms with Crippen LogP contribution in [0, 0.1) is 16.2 Å². The van der Waals surface area contributed by atoms with Gasteiger partial charge in [-0.3, -0.25) is 0 Å². The third-order valence-electron chi connectivity index (χ3n) is 6.78. The highest BCUT2D eigenvalue weighted by molar-refractivity contribution is 4.92. The summed E-state index contributed by atoms with van der Waals surface area (Å²) >= 11 is 0. The van der Waals surface area contributed by atoms with Crippen molar-refractivity contribution < 1.29 is 29.2 Å². The fourth-order valence-electron chi connectivity index (χ4n) is 5.24. The first-order chi connectivity index (χ1) is 14.0. The molecular formula is C23H44O6. The Hall–Kier alpha value is -0.240. The Bertz CT molecular complexity index is 395. The highest BCUT2D eigenvalue weighted by Gasteiger charge is 2.50. The highest BCUT2D eigenvalue weighted by Crippen LogP contribution is 2.43. The molecule has 0 saturated carbocycles. The Kier molecular flexibility index (Phi) is 9.84. The first-order valence-corrected chi connectivity index (χ1v) is 11.7. The minimum Gasteiger partial charge on any atom is -0.396 e. The SMILES string of the molecule is CCCC(CO)(CCC)C1OCC2(CO1)COC(C(CO)(CCC)CCC)OC2. The quantitative estimate of drug-likeness (QED) is 0.503. The summed E-state index contributed by atoms with van der Waals surface area (Å²) in [6, 6.07) is 0. The third kappa shape index (κ3) is 5.52. The fourth-order valence-corrected chi connectivity index (χ4v) is 5.24. The second-order valence-electron chi connectivity index (χ2n) is 9.45. The maximum atomic E-state index is 10.1. The standard InChI is InChI=1S/C23H44O6/c1-5-9-22(13-24,10-6-2)19-26-15-21(16-27-19)17-28-20(29-18-21)23(14-25,11-7-3)12-8-4/h19-20,24-25H,5-18H2,1-4H3. The third-order valence-corrected chi connectivity index (χ3v) is 6.78. The molecule has 0 aliphatic carbocycles. The molecule has 2 aliphatic heterocycles. The van der Waals surface area contributed by atoms with Crippen molar-refractivity contribution in [1.82, 2.24) is 0 Å². The van der Waals surface area contributed by atoms with E-state index in [1.807, 2.05) is 0 Å². The lowest BCUT2D eigenvalue weighted by Gasteiger charge is -2.50. The van der Waals surface area contributed by atoms with Crippen molar-refractivity contribution in [2.24, 2.45) is 16.2 Å². The molecule has 0 radical (unpaired) electrons. The molecule has 6 heteroatoms. The van der Waals surface area contributed by atoms with Crippen LogP contribution < -0.4 is 0 Å². The molecule has 2 N–H and O–H groups in total. The van der Waals surface area contributed by atoms with Crippen LogP contribution in [0.1, 0.15) is 79.1 Å². The zero-order valence-electron chi connectivity index (χ0n) is 19.1. The molecule has 2 fully saturated rings. The van der Waals surface area contributed by atoms with Gasteiger partial charge in [0, 0.05) is 10.8 Å². The van der Waals surface area contributed by atoms with Crippen LogP contribution in [0.3, 0.4) is 0 Å². The van der Waals surface area contributed by atoms with E-state index in [1.165, 1.54) is 0 Å². The van der Waals surface area contributed by atoms with Gasteiger partial charge in [0.2, 0.25) is 0 Å². The molecule has 172 valence electrons. The number of hydrogen-bond donors (Lipinski definition) is 2. The maximum absolute atomic E-state index is 10.1. The molecule has 2 rings (SSSR count). The van der Waals surface area contributed by atoms with E-state index < -0.39 is 0 Å². The summed E-state index contributed by atoms with van der Waals surface area (Å²) in [6.07, 6.45) is 6.73. The summed E-state index contributed by atoms with van der Waals surface area (Å²) < 4.78 is 24.7. The average molecular weight is 417 g/mol. The van der Waals surface area contributed by atoms with Gasteiger partial charge in [-0.15, -0.1) is 0 Å². The van der Waals surface area contributed by atoms with E-state index in [0.29, 0.717) is 26.4 Å². The van der Waals surface area contributed by atoms with Crippen molar-refractivity contribution in [2.45, 2.75) is 91.6 Å². The van der Waals surface area contributed by atoms with Crippen molar-refractivity contribution in [3.8, 4) is 0 Å². The second kappa shape index (κ2) is 11.4. The van der Waals surface area contributed by atoms with E-state index in [2.05, 4.69) is 27.7 Å². The average Bonchev–Trinajstić information content (AvgIpc) is 2.74. The molecule has 29 heavy (non-hydrogen) atoms. The summed E-state index contributed by atoms with van der Waals surface area (Å²) in [4.78, 5) is 0. The van der Waals surface area contributed by atoms with Gasteiger partial charge in [-0.2, -0.15) is 0 Å². The summed E-state index contributed by atoms with van der Waals surface area (Å²) in [5, 5.41) is 20.2. The largest absolute Gasteiger partial charge is 0.396 e. The molecule has 0 atom stereocenters.